The van der Waals surface area contributed by atoms with Crippen LogP contribution in [0.15, 0.2) is 22.7 Å². The maximum Gasteiger partial charge on any atom is 0.407 e. The smallest absolute Gasteiger partial charge is 0.407 e. The van der Waals surface area contributed by atoms with Crippen LogP contribution in [0.2, 0.25) is 0 Å². The molecule has 168 valence electrons. The van der Waals surface area contributed by atoms with Gasteiger partial charge in [-0.2, -0.15) is 0 Å². The molecule has 1 amide bonds. The van der Waals surface area contributed by atoms with Gasteiger partial charge in [0.05, 0.1) is 10.7 Å². The van der Waals surface area contributed by atoms with Gasteiger partial charge in [-0.25, -0.2) is 9.78 Å². The van der Waals surface area contributed by atoms with Gasteiger partial charge in [0.15, 0.2) is 5.60 Å². The fourth-order valence-electron chi connectivity index (χ4n) is 4.19. The summed E-state index contributed by atoms with van der Waals surface area (Å²) in [5, 5.41) is 16.6. The first-order chi connectivity index (χ1) is 15.3. The number of likely N-dealkylation sites (tertiary alicyclic amines) is 1. The highest BCUT2D eigenvalue weighted by molar-refractivity contribution is 7.10. The molecule has 3 heterocycles. The standard InChI is InChI=1S/C24H27N3O4S/c1-5-10-30-21-12-16(3)15(2)11-18(21)24(4)13-19(26-31-24)20-14-32-22(25-20)17-6-8-27(9-7-17)23(28)29/h1,11-12,14,17H,6-10,13H2,2-4H3,(H,28,29). The van der Waals surface area contributed by atoms with Crippen molar-refractivity contribution in [2.45, 2.75) is 51.6 Å². The van der Waals surface area contributed by atoms with Crippen molar-refractivity contribution in [2.75, 3.05) is 19.7 Å². The highest BCUT2D eigenvalue weighted by Crippen LogP contribution is 2.42. The minimum absolute atomic E-state index is 0.190. The molecule has 2 aliphatic rings. The fourth-order valence-corrected chi connectivity index (χ4v) is 5.19. The third kappa shape index (κ3) is 4.30. The molecule has 0 radical (unpaired) electrons. The van der Waals surface area contributed by atoms with Gasteiger partial charge in [-0.3, -0.25) is 0 Å². The van der Waals surface area contributed by atoms with Crippen molar-refractivity contribution in [1.82, 2.24) is 9.88 Å². The zero-order valence-corrected chi connectivity index (χ0v) is 19.4. The first-order valence-corrected chi connectivity index (χ1v) is 11.6. The monoisotopic (exact) mass is 453 g/mol. The molecule has 1 fully saturated rings. The van der Waals surface area contributed by atoms with Crippen molar-refractivity contribution in [3.05, 3.63) is 44.9 Å². The third-order valence-electron chi connectivity index (χ3n) is 6.27. The number of aromatic nitrogens is 1. The summed E-state index contributed by atoms with van der Waals surface area (Å²) in [5.41, 5.74) is 4.15. The van der Waals surface area contributed by atoms with Crippen molar-refractivity contribution in [1.29, 1.82) is 0 Å². The molecule has 4 rings (SSSR count). The average Bonchev–Trinajstić information content (AvgIpc) is 3.42. The second-order valence-electron chi connectivity index (χ2n) is 8.58. The summed E-state index contributed by atoms with van der Waals surface area (Å²) in [5.74, 6) is 3.52. The van der Waals surface area contributed by atoms with Gasteiger partial charge >= 0.3 is 6.09 Å². The molecule has 0 aliphatic carbocycles. The molecule has 1 N–H and O–H groups in total. The first-order valence-electron chi connectivity index (χ1n) is 10.7. The lowest BCUT2D eigenvalue weighted by Gasteiger charge is -2.28. The van der Waals surface area contributed by atoms with Crippen LogP contribution in [-0.4, -0.2) is 46.5 Å². The molecule has 7 nitrogen and oxygen atoms in total. The zero-order chi connectivity index (χ0) is 22.9. The molecule has 1 aromatic heterocycles. The minimum Gasteiger partial charge on any atom is -0.481 e. The number of terminal acetylenes is 1. The van der Waals surface area contributed by atoms with E-state index in [1.54, 1.807) is 11.3 Å². The zero-order valence-electron chi connectivity index (χ0n) is 18.6. The van der Waals surface area contributed by atoms with E-state index in [0.717, 1.165) is 45.9 Å². The van der Waals surface area contributed by atoms with Crippen LogP contribution in [0.5, 0.6) is 5.75 Å². The van der Waals surface area contributed by atoms with Crippen LogP contribution in [0, 0.1) is 26.2 Å². The number of benzene rings is 1. The molecule has 1 unspecified atom stereocenters. The van der Waals surface area contributed by atoms with Gasteiger partial charge in [0, 0.05) is 36.4 Å². The Morgan fingerprint density at radius 1 is 1.38 bits per heavy atom. The van der Waals surface area contributed by atoms with Gasteiger partial charge < -0.3 is 19.6 Å². The summed E-state index contributed by atoms with van der Waals surface area (Å²) in [6, 6.07) is 4.08. The van der Waals surface area contributed by atoms with E-state index in [9.17, 15) is 4.79 Å². The van der Waals surface area contributed by atoms with Gasteiger partial charge in [0.1, 0.15) is 18.1 Å². The second-order valence-corrected chi connectivity index (χ2v) is 9.47. The van der Waals surface area contributed by atoms with Crippen LogP contribution in [0.3, 0.4) is 0 Å². The van der Waals surface area contributed by atoms with E-state index in [1.807, 2.05) is 25.3 Å². The topological polar surface area (TPSA) is 84.2 Å². The molecule has 2 aliphatic heterocycles. The Balaban J connectivity index is 1.50. The van der Waals surface area contributed by atoms with Crippen molar-refractivity contribution in [3.63, 3.8) is 0 Å². The predicted molar refractivity (Wildman–Crippen MR) is 124 cm³/mol. The maximum absolute atomic E-state index is 11.1. The van der Waals surface area contributed by atoms with Gasteiger partial charge in [-0.15, -0.1) is 17.8 Å². The number of carboxylic acid groups (broad SMARTS) is 1. The van der Waals surface area contributed by atoms with Gasteiger partial charge in [-0.05, 0) is 56.9 Å². The number of piperidine rings is 1. The highest BCUT2D eigenvalue weighted by atomic mass is 32.1. The Kier molecular flexibility index (Phi) is 6.11. The number of carbonyl (C=O) groups is 1. The van der Waals surface area contributed by atoms with Crippen LogP contribution in [-0.2, 0) is 10.4 Å². The normalized spacial score (nSPS) is 21.1. The molecule has 8 heteroatoms. The van der Waals surface area contributed by atoms with Crippen LogP contribution in [0.1, 0.15) is 59.5 Å². The number of hydrogen-bond acceptors (Lipinski definition) is 6. The summed E-state index contributed by atoms with van der Waals surface area (Å²) in [6.45, 7) is 7.39. The largest absolute Gasteiger partial charge is 0.481 e. The Hall–Kier alpha value is -3.05. The van der Waals surface area contributed by atoms with Crippen molar-refractivity contribution >= 4 is 23.1 Å². The summed E-state index contributed by atoms with van der Waals surface area (Å²) in [6.07, 6.45) is 6.70. The molecule has 1 atom stereocenters. The number of rotatable bonds is 5. The number of nitrogens with zero attached hydrogens (tertiary/aromatic N) is 3. The van der Waals surface area contributed by atoms with Gasteiger partial charge in [-0.1, -0.05) is 11.1 Å². The van der Waals surface area contributed by atoms with Crippen LogP contribution < -0.4 is 4.74 Å². The third-order valence-corrected chi connectivity index (χ3v) is 7.28. The lowest BCUT2D eigenvalue weighted by molar-refractivity contribution is -0.00923. The number of aryl methyl sites for hydroxylation is 2. The summed E-state index contributed by atoms with van der Waals surface area (Å²) < 4.78 is 5.82. The quantitative estimate of drug-likeness (QED) is 0.665. The Morgan fingerprint density at radius 2 is 2.09 bits per heavy atom. The Labute approximate surface area is 192 Å². The van der Waals surface area contributed by atoms with Gasteiger partial charge in [0.25, 0.3) is 0 Å². The van der Waals surface area contributed by atoms with Crippen LogP contribution >= 0.6 is 11.3 Å². The van der Waals surface area contributed by atoms with E-state index < -0.39 is 11.7 Å². The van der Waals surface area contributed by atoms with Crippen molar-refractivity contribution in [2.24, 2.45) is 5.16 Å². The maximum atomic E-state index is 11.1. The fraction of sp³-hybridized carbons (Fsp3) is 0.458. The molecule has 0 bridgehead atoms. The number of oxime groups is 1. The molecule has 0 spiro atoms. The SMILES string of the molecule is C#CCOc1cc(C)c(C)cc1C1(C)CC(c2csc(C3CCN(C(=O)O)CC3)n2)=NO1. The van der Waals surface area contributed by atoms with E-state index in [4.69, 9.17) is 26.1 Å². The second kappa shape index (κ2) is 8.83. The molecule has 1 aromatic carbocycles. The Morgan fingerprint density at radius 3 is 2.78 bits per heavy atom. The minimum atomic E-state index is -0.850. The van der Waals surface area contributed by atoms with Crippen LogP contribution in [0.4, 0.5) is 4.79 Å². The molecule has 1 saturated heterocycles. The van der Waals surface area contributed by atoms with E-state index in [1.165, 1.54) is 4.90 Å². The van der Waals surface area contributed by atoms with E-state index in [2.05, 4.69) is 24.1 Å². The summed E-state index contributed by atoms with van der Waals surface area (Å²) >= 11 is 1.61. The molecule has 32 heavy (non-hydrogen) atoms. The Bertz CT molecular complexity index is 1100. The van der Waals surface area contributed by atoms with E-state index >= 15 is 0 Å². The summed E-state index contributed by atoms with van der Waals surface area (Å²) in [7, 11) is 0. The molecule has 2 aromatic rings. The predicted octanol–water partition coefficient (Wildman–Crippen LogP) is 4.67. The van der Waals surface area contributed by atoms with Crippen molar-refractivity contribution < 1.29 is 19.5 Å². The molecular weight excluding hydrogens is 426 g/mol. The molecular formula is C24H27N3O4S. The van der Waals surface area contributed by atoms with E-state index in [-0.39, 0.29) is 12.5 Å². The first kappa shape index (κ1) is 22.2. The van der Waals surface area contributed by atoms with Crippen molar-refractivity contribution in [3.8, 4) is 18.1 Å². The lowest BCUT2D eigenvalue weighted by atomic mass is 9.87. The number of hydrogen-bond donors (Lipinski definition) is 1. The number of ether oxygens (including phenoxy) is 1. The van der Waals surface area contributed by atoms with Crippen LogP contribution in [0.25, 0.3) is 0 Å². The number of amides is 1. The van der Waals surface area contributed by atoms with E-state index in [0.29, 0.717) is 25.3 Å². The lowest BCUT2D eigenvalue weighted by Crippen LogP contribution is -2.36. The van der Waals surface area contributed by atoms with Gasteiger partial charge in [0.2, 0.25) is 0 Å². The summed E-state index contributed by atoms with van der Waals surface area (Å²) in [4.78, 5) is 23.4. The number of thiazole rings is 1. The highest BCUT2D eigenvalue weighted by Gasteiger charge is 2.40. The molecule has 0 saturated carbocycles. The average molecular weight is 454 g/mol.